The Morgan fingerprint density at radius 2 is 1.72 bits per heavy atom. The molecule has 0 aliphatic carbocycles. The first-order chi connectivity index (χ1) is 11.7. The highest BCUT2D eigenvalue weighted by Crippen LogP contribution is 2.23. The molecule has 0 aromatic heterocycles. The Balaban J connectivity index is 2.05. The van der Waals surface area contributed by atoms with E-state index in [1.165, 1.54) is 26.2 Å². The van der Waals surface area contributed by atoms with Crippen LogP contribution in [0.5, 0.6) is 0 Å². The van der Waals surface area contributed by atoms with Gasteiger partial charge in [0, 0.05) is 26.7 Å². The van der Waals surface area contributed by atoms with Crippen LogP contribution in [0.4, 0.5) is 0 Å². The molecule has 0 radical (unpaired) electrons. The predicted octanol–water partition coefficient (Wildman–Crippen LogP) is 2.07. The number of rotatable bonds is 7. The Labute approximate surface area is 151 Å². The van der Waals surface area contributed by atoms with Gasteiger partial charge < -0.3 is 0 Å². The summed E-state index contributed by atoms with van der Waals surface area (Å²) in [5.74, 6) is 0.0588. The molecular formula is C17H28N2O4S2. The summed E-state index contributed by atoms with van der Waals surface area (Å²) in [4.78, 5) is 0.214. The highest BCUT2D eigenvalue weighted by molar-refractivity contribution is 7.89. The van der Waals surface area contributed by atoms with Gasteiger partial charge in [0.1, 0.15) is 0 Å². The van der Waals surface area contributed by atoms with Crippen molar-refractivity contribution < 1.29 is 16.8 Å². The third-order valence-electron chi connectivity index (χ3n) is 4.75. The Morgan fingerprint density at radius 3 is 2.28 bits per heavy atom. The van der Waals surface area contributed by atoms with E-state index < -0.39 is 20.0 Å². The van der Waals surface area contributed by atoms with E-state index in [1.54, 1.807) is 16.4 Å². The number of sulfonamides is 2. The number of aryl methyl sites for hydroxylation is 1. The van der Waals surface area contributed by atoms with Gasteiger partial charge in [-0.15, -0.1) is 0 Å². The maximum absolute atomic E-state index is 12.7. The zero-order valence-corrected chi connectivity index (χ0v) is 16.8. The molecular weight excluding hydrogens is 360 g/mol. The molecule has 1 heterocycles. The van der Waals surface area contributed by atoms with Crippen LogP contribution < -0.4 is 0 Å². The molecule has 2 rings (SSSR count). The van der Waals surface area contributed by atoms with Crippen molar-refractivity contribution in [1.82, 2.24) is 8.61 Å². The van der Waals surface area contributed by atoms with Crippen LogP contribution >= 0.6 is 0 Å². The van der Waals surface area contributed by atoms with Crippen molar-refractivity contribution >= 4 is 20.0 Å². The molecule has 1 aliphatic rings. The van der Waals surface area contributed by atoms with Gasteiger partial charge in [0.05, 0.1) is 10.6 Å². The summed E-state index contributed by atoms with van der Waals surface area (Å²) in [6, 6.07) is 6.57. The van der Waals surface area contributed by atoms with Crippen LogP contribution in [-0.4, -0.2) is 57.9 Å². The first kappa shape index (κ1) is 20.4. The second-order valence-corrected chi connectivity index (χ2v) is 10.9. The third-order valence-corrected chi connectivity index (χ3v) is 8.50. The van der Waals surface area contributed by atoms with Crippen molar-refractivity contribution in [3.8, 4) is 0 Å². The Kier molecular flexibility index (Phi) is 6.64. The van der Waals surface area contributed by atoms with Gasteiger partial charge in [-0.1, -0.05) is 25.5 Å². The fraction of sp³-hybridized carbons (Fsp3) is 0.647. The van der Waals surface area contributed by atoms with Gasteiger partial charge in [0.2, 0.25) is 20.0 Å². The first-order valence-electron chi connectivity index (χ1n) is 8.69. The topological polar surface area (TPSA) is 74.8 Å². The lowest BCUT2D eigenvalue weighted by Gasteiger charge is -2.34. The molecule has 0 amide bonds. The van der Waals surface area contributed by atoms with Crippen molar-refractivity contribution in [1.29, 1.82) is 0 Å². The van der Waals surface area contributed by atoms with E-state index in [9.17, 15) is 16.8 Å². The molecule has 1 atom stereocenters. The van der Waals surface area contributed by atoms with E-state index in [0.717, 1.165) is 35.6 Å². The minimum Gasteiger partial charge on any atom is -0.212 e. The summed E-state index contributed by atoms with van der Waals surface area (Å²) in [5.41, 5.74) is 0.825. The summed E-state index contributed by atoms with van der Waals surface area (Å²) >= 11 is 0. The lowest BCUT2D eigenvalue weighted by atomic mass is 10.0. The molecule has 0 spiro atoms. The summed E-state index contributed by atoms with van der Waals surface area (Å²) < 4.78 is 52.3. The number of hydrogen-bond donors (Lipinski definition) is 0. The lowest BCUT2D eigenvalue weighted by Crippen LogP contribution is -2.44. The Hall–Kier alpha value is -0.960. The van der Waals surface area contributed by atoms with Crippen LogP contribution in [0.15, 0.2) is 29.2 Å². The number of hydrogen-bond acceptors (Lipinski definition) is 4. The van der Waals surface area contributed by atoms with Gasteiger partial charge in [0.25, 0.3) is 0 Å². The minimum atomic E-state index is -3.46. The quantitative estimate of drug-likeness (QED) is 0.717. The van der Waals surface area contributed by atoms with Gasteiger partial charge in [-0.05, 0) is 43.4 Å². The SMILES string of the molecule is CCC1CCCCN1S(=O)(=O)CCc1ccc(S(=O)(=O)N(C)C)cc1. The maximum Gasteiger partial charge on any atom is 0.242 e. The summed E-state index contributed by atoms with van der Waals surface area (Å²) in [7, 11) is -3.78. The molecule has 1 fully saturated rings. The molecule has 25 heavy (non-hydrogen) atoms. The fourth-order valence-corrected chi connectivity index (χ4v) is 5.90. The molecule has 0 N–H and O–H groups in total. The van der Waals surface area contributed by atoms with Crippen LogP contribution in [-0.2, 0) is 26.5 Å². The first-order valence-corrected chi connectivity index (χ1v) is 11.7. The minimum absolute atomic E-state index is 0.0588. The number of nitrogens with zero attached hydrogens (tertiary/aromatic N) is 2. The summed E-state index contributed by atoms with van der Waals surface area (Å²) in [6.45, 7) is 2.64. The maximum atomic E-state index is 12.7. The highest BCUT2D eigenvalue weighted by Gasteiger charge is 2.30. The van der Waals surface area contributed by atoms with Crippen molar-refractivity contribution in [2.45, 2.75) is 50.0 Å². The standard InChI is InChI=1S/C17H28N2O4S2/c1-4-16-7-5-6-13-19(16)24(20,21)14-12-15-8-10-17(11-9-15)25(22,23)18(2)3/h8-11,16H,4-7,12-14H2,1-3H3. The molecule has 0 saturated carbocycles. The van der Waals surface area contributed by atoms with Crippen LogP contribution in [0.1, 0.15) is 38.2 Å². The van der Waals surface area contributed by atoms with Gasteiger partial charge >= 0.3 is 0 Å². The molecule has 8 heteroatoms. The summed E-state index contributed by atoms with van der Waals surface area (Å²) in [5, 5.41) is 0. The zero-order valence-electron chi connectivity index (χ0n) is 15.2. The van der Waals surface area contributed by atoms with Crippen molar-refractivity contribution in [2.75, 3.05) is 26.4 Å². The molecule has 6 nitrogen and oxygen atoms in total. The predicted molar refractivity (Wildman–Crippen MR) is 99.4 cm³/mol. The van der Waals surface area contributed by atoms with Crippen LogP contribution in [0.2, 0.25) is 0 Å². The third kappa shape index (κ3) is 4.81. The molecule has 1 aliphatic heterocycles. The van der Waals surface area contributed by atoms with Crippen molar-refractivity contribution in [3.63, 3.8) is 0 Å². The molecule has 1 unspecified atom stereocenters. The fourth-order valence-electron chi connectivity index (χ4n) is 3.15. The van der Waals surface area contributed by atoms with Crippen LogP contribution in [0, 0.1) is 0 Å². The van der Waals surface area contributed by atoms with E-state index >= 15 is 0 Å². The Morgan fingerprint density at radius 1 is 1.08 bits per heavy atom. The average molecular weight is 389 g/mol. The van der Waals surface area contributed by atoms with Crippen LogP contribution in [0.3, 0.4) is 0 Å². The van der Waals surface area contributed by atoms with Crippen molar-refractivity contribution in [2.24, 2.45) is 0 Å². The smallest absolute Gasteiger partial charge is 0.212 e. The molecule has 1 aromatic rings. The molecule has 1 saturated heterocycles. The van der Waals surface area contributed by atoms with Crippen molar-refractivity contribution in [3.05, 3.63) is 29.8 Å². The number of benzene rings is 1. The van der Waals surface area contributed by atoms with Gasteiger partial charge in [-0.3, -0.25) is 0 Å². The van der Waals surface area contributed by atoms with Gasteiger partial charge in [-0.2, -0.15) is 4.31 Å². The number of piperidine rings is 1. The molecule has 1 aromatic carbocycles. The normalized spacial score (nSPS) is 20.1. The average Bonchev–Trinajstić information content (AvgIpc) is 2.60. The molecule has 142 valence electrons. The van der Waals surface area contributed by atoms with Crippen LogP contribution in [0.25, 0.3) is 0 Å². The molecule has 0 bridgehead atoms. The van der Waals surface area contributed by atoms with E-state index in [4.69, 9.17) is 0 Å². The lowest BCUT2D eigenvalue weighted by molar-refractivity contribution is 0.246. The van der Waals surface area contributed by atoms with Gasteiger partial charge in [0.15, 0.2) is 0 Å². The second kappa shape index (κ2) is 8.16. The zero-order chi connectivity index (χ0) is 18.7. The van der Waals surface area contributed by atoms with Gasteiger partial charge in [-0.25, -0.2) is 21.1 Å². The highest BCUT2D eigenvalue weighted by atomic mass is 32.2. The van der Waals surface area contributed by atoms with E-state index in [1.807, 2.05) is 6.92 Å². The Bertz CT molecular complexity index is 771. The largest absolute Gasteiger partial charge is 0.242 e. The second-order valence-electron chi connectivity index (χ2n) is 6.67. The summed E-state index contributed by atoms with van der Waals surface area (Å²) in [6.07, 6.45) is 4.18. The van der Waals surface area contributed by atoms with E-state index in [2.05, 4.69) is 0 Å². The monoisotopic (exact) mass is 388 g/mol. The van der Waals surface area contributed by atoms with E-state index in [0.29, 0.717) is 13.0 Å². The van der Waals surface area contributed by atoms with E-state index in [-0.39, 0.29) is 16.7 Å².